The maximum Gasteiger partial charge on any atom is 0.159 e. The minimum atomic E-state index is -2.88. The fourth-order valence-electron chi connectivity index (χ4n) is 3.37. The molecule has 0 bridgehead atoms. The second-order valence-corrected chi connectivity index (χ2v) is 8.53. The summed E-state index contributed by atoms with van der Waals surface area (Å²) in [4.78, 5) is 15.4. The predicted octanol–water partition coefficient (Wildman–Crippen LogP) is 1.34. The molecule has 2 aliphatic heterocycles. The van der Waals surface area contributed by atoms with E-state index in [0.29, 0.717) is 30.8 Å². The van der Waals surface area contributed by atoms with Crippen molar-refractivity contribution in [2.45, 2.75) is 19.4 Å². The molecule has 126 valence electrons. The monoisotopic (exact) mass is 340 g/mol. The largest absolute Gasteiger partial charge is 0.367 e. The third kappa shape index (κ3) is 3.55. The molecular weight excluding hydrogens is 319 g/mol. The molecule has 2 fully saturated rings. The van der Waals surface area contributed by atoms with Crippen LogP contribution in [0, 0.1) is 5.82 Å². The zero-order valence-electron chi connectivity index (χ0n) is 13.2. The summed E-state index contributed by atoms with van der Waals surface area (Å²) in [5, 5.41) is 0. The number of ketones is 1. The molecule has 1 aromatic rings. The Morgan fingerprint density at radius 2 is 1.91 bits per heavy atom. The van der Waals surface area contributed by atoms with E-state index in [9.17, 15) is 17.6 Å². The van der Waals surface area contributed by atoms with Gasteiger partial charge in [0.05, 0.1) is 17.2 Å². The number of nitrogens with zero attached hydrogens (tertiary/aromatic N) is 2. The van der Waals surface area contributed by atoms with Crippen molar-refractivity contribution in [3.05, 3.63) is 29.6 Å². The molecule has 2 heterocycles. The Balaban J connectivity index is 1.64. The summed E-state index contributed by atoms with van der Waals surface area (Å²) >= 11 is 0. The molecule has 0 radical (unpaired) electrons. The first-order valence-corrected chi connectivity index (χ1v) is 9.68. The SMILES string of the molecule is CC(=O)c1ccc(N2CCN([C@@H]3CCS(=O)(=O)C3)CC2)c(F)c1. The van der Waals surface area contributed by atoms with Crippen LogP contribution in [0.4, 0.5) is 10.1 Å². The number of rotatable bonds is 3. The first-order valence-electron chi connectivity index (χ1n) is 7.86. The van der Waals surface area contributed by atoms with Crippen LogP contribution in [0.5, 0.6) is 0 Å². The molecule has 2 aliphatic rings. The van der Waals surface area contributed by atoms with Crippen LogP contribution in [0.3, 0.4) is 0 Å². The fraction of sp³-hybridized carbons (Fsp3) is 0.562. The van der Waals surface area contributed by atoms with Gasteiger partial charge < -0.3 is 4.90 Å². The van der Waals surface area contributed by atoms with Gasteiger partial charge in [0.2, 0.25) is 0 Å². The van der Waals surface area contributed by atoms with Crippen LogP contribution in [0.2, 0.25) is 0 Å². The smallest absolute Gasteiger partial charge is 0.159 e. The number of hydrogen-bond acceptors (Lipinski definition) is 5. The first kappa shape index (κ1) is 16.4. The zero-order valence-corrected chi connectivity index (χ0v) is 14.0. The number of anilines is 1. The summed E-state index contributed by atoms with van der Waals surface area (Å²) < 4.78 is 37.4. The van der Waals surface area contributed by atoms with Gasteiger partial charge in [-0.3, -0.25) is 9.69 Å². The molecule has 1 aromatic carbocycles. The third-order valence-electron chi connectivity index (χ3n) is 4.73. The first-order chi connectivity index (χ1) is 10.9. The van der Waals surface area contributed by atoms with Crippen molar-refractivity contribution in [1.82, 2.24) is 4.90 Å². The summed E-state index contributed by atoms with van der Waals surface area (Å²) in [6, 6.07) is 4.69. The number of carbonyl (C=O) groups is 1. The van der Waals surface area contributed by atoms with Crippen LogP contribution in [0.15, 0.2) is 18.2 Å². The Labute approximate surface area is 136 Å². The summed E-state index contributed by atoms with van der Waals surface area (Å²) in [5.74, 6) is -0.00876. The number of hydrogen-bond donors (Lipinski definition) is 0. The molecule has 0 amide bonds. The molecule has 0 unspecified atom stereocenters. The van der Waals surface area contributed by atoms with Gasteiger partial charge in [-0.25, -0.2) is 12.8 Å². The lowest BCUT2D eigenvalue weighted by Crippen LogP contribution is -2.51. The number of benzene rings is 1. The average molecular weight is 340 g/mol. The predicted molar refractivity (Wildman–Crippen MR) is 87.2 cm³/mol. The van der Waals surface area contributed by atoms with Gasteiger partial charge in [-0.15, -0.1) is 0 Å². The number of halogens is 1. The van der Waals surface area contributed by atoms with Crippen molar-refractivity contribution in [3.63, 3.8) is 0 Å². The Hall–Kier alpha value is -1.47. The van der Waals surface area contributed by atoms with E-state index in [1.54, 1.807) is 12.1 Å². The highest BCUT2D eigenvalue weighted by atomic mass is 32.2. The highest BCUT2D eigenvalue weighted by molar-refractivity contribution is 7.91. The van der Waals surface area contributed by atoms with Crippen molar-refractivity contribution < 1.29 is 17.6 Å². The van der Waals surface area contributed by atoms with Gasteiger partial charge >= 0.3 is 0 Å². The molecule has 1 atom stereocenters. The molecule has 0 saturated carbocycles. The maximum atomic E-state index is 14.2. The van der Waals surface area contributed by atoms with Gasteiger partial charge in [0, 0.05) is 37.8 Å². The summed E-state index contributed by atoms with van der Waals surface area (Å²) in [7, 11) is -2.88. The summed E-state index contributed by atoms with van der Waals surface area (Å²) in [6.45, 7) is 4.20. The molecule has 2 saturated heterocycles. The van der Waals surface area contributed by atoms with Gasteiger partial charge in [-0.2, -0.15) is 0 Å². The molecule has 0 aliphatic carbocycles. The van der Waals surface area contributed by atoms with Gasteiger partial charge in [-0.05, 0) is 31.5 Å². The number of sulfone groups is 1. The standard InChI is InChI=1S/C16H21FN2O3S/c1-12(20)13-2-3-16(15(17)10-13)19-7-5-18(6-8-19)14-4-9-23(21,22)11-14/h2-3,10,14H,4-9,11H2,1H3/t14-/m1/s1. The normalized spacial score (nSPS) is 24.8. The van der Waals surface area contributed by atoms with Crippen LogP contribution in [-0.2, 0) is 9.84 Å². The fourth-order valence-corrected chi connectivity index (χ4v) is 5.14. The molecule has 0 N–H and O–H groups in total. The van der Waals surface area contributed by atoms with Crippen molar-refractivity contribution in [2.24, 2.45) is 0 Å². The van der Waals surface area contributed by atoms with Crippen LogP contribution in [0.25, 0.3) is 0 Å². The third-order valence-corrected chi connectivity index (χ3v) is 6.48. The van der Waals surface area contributed by atoms with Crippen LogP contribution >= 0.6 is 0 Å². The zero-order chi connectivity index (χ0) is 16.6. The van der Waals surface area contributed by atoms with E-state index in [1.165, 1.54) is 13.0 Å². The van der Waals surface area contributed by atoms with Crippen LogP contribution < -0.4 is 4.90 Å². The Bertz CT molecular complexity index is 712. The van der Waals surface area contributed by atoms with E-state index in [4.69, 9.17) is 0 Å². The molecule has 0 spiro atoms. The van der Waals surface area contributed by atoms with E-state index in [2.05, 4.69) is 4.90 Å². The number of piperazine rings is 1. The van der Waals surface area contributed by atoms with E-state index in [-0.39, 0.29) is 29.1 Å². The highest BCUT2D eigenvalue weighted by Crippen LogP contribution is 2.24. The molecule has 23 heavy (non-hydrogen) atoms. The average Bonchev–Trinajstić information content (AvgIpc) is 2.87. The quantitative estimate of drug-likeness (QED) is 0.777. The molecule has 3 rings (SSSR count). The number of carbonyl (C=O) groups excluding carboxylic acids is 1. The van der Waals surface area contributed by atoms with E-state index in [0.717, 1.165) is 13.1 Å². The lowest BCUT2D eigenvalue weighted by Gasteiger charge is -2.38. The Kier molecular flexibility index (Phi) is 4.42. The minimum absolute atomic E-state index is 0.104. The van der Waals surface area contributed by atoms with Crippen LogP contribution in [-0.4, -0.2) is 62.8 Å². The minimum Gasteiger partial charge on any atom is -0.367 e. The lowest BCUT2D eigenvalue weighted by molar-refractivity contribution is 0.101. The van der Waals surface area contributed by atoms with Crippen molar-refractivity contribution in [3.8, 4) is 0 Å². The molecule has 5 nitrogen and oxygen atoms in total. The summed E-state index contributed by atoms with van der Waals surface area (Å²) in [6.07, 6.45) is 0.698. The van der Waals surface area contributed by atoms with Crippen molar-refractivity contribution in [2.75, 3.05) is 42.6 Å². The molecule has 7 heteroatoms. The van der Waals surface area contributed by atoms with Gasteiger partial charge in [0.1, 0.15) is 5.82 Å². The highest BCUT2D eigenvalue weighted by Gasteiger charge is 2.33. The number of Topliss-reactive ketones (excluding diaryl/α,β-unsaturated/α-hetero) is 1. The molecular formula is C16H21FN2O3S. The van der Waals surface area contributed by atoms with Gasteiger partial charge in [-0.1, -0.05) is 0 Å². The second kappa shape index (κ2) is 6.20. The van der Waals surface area contributed by atoms with E-state index in [1.807, 2.05) is 4.90 Å². The van der Waals surface area contributed by atoms with Crippen molar-refractivity contribution >= 4 is 21.3 Å². The summed E-state index contributed by atoms with van der Waals surface area (Å²) in [5.41, 5.74) is 0.884. The molecule has 0 aromatic heterocycles. The van der Waals surface area contributed by atoms with Crippen LogP contribution in [0.1, 0.15) is 23.7 Å². The van der Waals surface area contributed by atoms with E-state index >= 15 is 0 Å². The second-order valence-electron chi connectivity index (χ2n) is 6.30. The Morgan fingerprint density at radius 3 is 2.43 bits per heavy atom. The van der Waals surface area contributed by atoms with Gasteiger partial charge in [0.25, 0.3) is 0 Å². The van der Waals surface area contributed by atoms with E-state index < -0.39 is 9.84 Å². The Morgan fingerprint density at radius 1 is 1.22 bits per heavy atom. The topological polar surface area (TPSA) is 57.7 Å². The van der Waals surface area contributed by atoms with Crippen molar-refractivity contribution in [1.29, 1.82) is 0 Å². The van der Waals surface area contributed by atoms with Gasteiger partial charge in [0.15, 0.2) is 15.6 Å². The lowest BCUT2D eigenvalue weighted by atomic mass is 10.1. The maximum absolute atomic E-state index is 14.2.